The van der Waals surface area contributed by atoms with Gasteiger partial charge >= 0.3 is 0 Å². The molecule has 1 aromatic heterocycles. The second-order valence-electron chi connectivity index (χ2n) is 4.25. The van der Waals surface area contributed by atoms with E-state index in [0.717, 1.165) is 34.2 Å². The summed E-state index contributed by atoms with van der Waals surface area (Å²) in [5, 5.41) is 8.78. The molecule has 3 nitrogen and oxygen atoms in total. The molecule has 1 aliphatic rings. The van der Waals surface area contributed by atoms with Gasteiger partial charge < -0.3 is 9.84 Å². The minimum absolute atomic E-state index is 0.496. The molecule has 3 rings (SSSR count). The molecule has 0 radical (unpaired) electrons. The molecule has 4 heteroatoms. The number of fused-ring (bicyclic) bond motifs is 1. The highest BCUT2D eigenvalue weighted by atomic mass is 79.9. The summed E-state index contributed by atoms with van der Waals surface area (Å²) in [5.74, 6) is 0.496. The first-order valence-electron chi connectivity index (χ1n) is 5.60. The van der Waals surface area contributed by atoms with Crippen LogP contribution < -0.4 is 5.32 Å². The Morgan fingerprint density at radius 2 is 2.38 bits per heavy atom. The Balaban J connectivity index is 2.03. The molecule has 2 heterocycles. The Morgan fingerprint density at radius 3 is 3.19 bits per heavy atom. The van der Waals surface area contributed by atoms with Gasteiger partial charge in [0, 0.05) is 22.3 Å². The van der Waals surface area contributed by atoms with E-state index in [2.05, 4.69) is 32.5 Å². The summed E-state index contributed by atoms with van der Waals surface area (Å²) in [6.45, 7) is 2.13. The molecule has 1 saturated heterocycles. The van der Waals surface area contributed by atoms with E-state index in [1.165, 1.54) is 12.8 Å². The molecule has 84 valence electrons. The van der Waals surface area contributed by atoms with Crippen molar-refractivity contribution < 1.29 is 4.52 Å². The molecule has 0 amide bonds. The zero-order chi connectivity index (χ0) is 11.0. The third-order valence-corrected chi connectivity index (χ3v) is 3.64. The summed E-state index contributed by atoms with van der Waals surface area (Å²) in [4.78, 5) is 0. The lowest BCUT2D eigenvalue weighted by molar-refractivity contribution is 0.405. The van der Waals surface area contributed by atoms with Crippen molar-refractivity contribution >= 4 is 26.9 Å². The van der Waals surface area contributed by atoms with Crippen molar-refractivity contribution in [3.8, 4) is 0 Å². The summed E-state index contributed by atoms with van der Waals surface area (Å²) < 4.78 is 6.41. The highest BCUT2D eigenvalue weighted by Crippen LogP contribution is 2.30. The van der Waals surface area contributed by atoms with Crippen molar-refractivity contribution in [2.24, 2.45) is 0 Å². The van der Waals surface area contributed by atoms with Crippen LogP contribution in [0.1, 0.15) is 24.5 Å². The van der Waals surface area contributed by atoms with E-state index in [1.54, 1.807) is 0 Å². The predicted octanol–water partition coefficient (Wildman–Crippen LogP) is 3.06. The number of halogens is 1. The molecule has 0 spiro atoms. The molecular weight excluding hydrogens is 268 g/mol. The van der Waals surface area contributed by atoms with Crippen LogP contribution in [0.25, 0.3) is 11.0 Å². The first-order chi connectivity index (χ1) is 7.84. The third-order valence-electron chi connectivity index (χ3n) is 3.15. The van der Waals surface area contributed by atoms with E-state index >= 15 is 0 Å². The van der Waals surface area contributed by atoms with Crippen LogP contribution in [0, 0.1) is 0 Å². The van der Waals surface area contributed by atoms with Crippen LogP contribution in [0.3, 0.4) is 0 Å². The molecule has 0 aliphatic carbocycles. The van der Waals surface area contributed by atoms with E-state index in [4.69, 9.17) is 4.52 Å². The number of rotatable bonds is 1. The Kier molecular flexibility index (Phi) is 2.69. The van der Waals surface area contributed by atoms with Crippen LogP contribution in [-0.4, -0.2) is 18.2 Å². The average molecular weight is 281 g/mol. The number of hydrogen-bond acceptors (Lipinski definition) is 3. The van der Waals surface area contributed by atoms with Gasteiger partial charge in [0.2, 0.25) is 0 Å². The van der Waals surface area contributed by atoms with Crippen LogP contribution in [0.4, 0.5) is 0 Å². The van der Waals surface area contributed by atoms with Crippen molar-refractivity contribution in [1.82, 2.24) is 10.5 Å². The summed E-state index contributed by atoms with van der Waals surface area (Å²) in [6.07, 6.45) is 2.42. The number of nitrogens with one attached hydrogen (secondary N) is 1. The average Bonchev–Trinajstić information content (AvgIpc) is 2.73. The summed E-state index contributed by atoms with van der Waals surface area (Å²) in [5.41, 5.74) is 1.98. The summed E-state index contributed by atoms with van der Waals surface area (Å²) >= 11 is 3.44. The van der Waals surface area contributed by atoms with Crippen molar-refractivity contribution in [1.29, 1.82) is 0 Å². The van der Waals surface area contributed by atoms with Crippen molar-refractivity contribution in [3.63, 3.8) is 0 Å². The minimum Gasteiger partial charge on any atom is -0.356 e. The fourth-order valence-corrected chi connectivity index (χ4v) is 2.65. The lowest BCUT2D eigenvalue weighted by Gasteiger charge is -2.20. The highest BCUT2D eigenvalue weighted by molar-refractivity contribution is 9.10. The quantitative estimate of drug-likeness (QED) is 0.873. The molecule has 1 fully saturated rings. The van der Waals surface area contributed by atoms with Gasteiger partial charge in [0.25, 0.3) is 0 Å². The molecule has 1 atom stereocenters. The van der Waals surface area contributed by atoms with Gasteiger partial charge in [-0.15, -0.1) is 0 Å². The molecule has 1 unspecified atom stereocenters. The van der Waals surface area contributed by atoms with Gasteiger partial charge in [-0.05, 0) is 37.6 Å². The van der Waals surface area contributed by atoms with Gasteiger partial charge in [0.05, 0.1) is 5.69 Å². The van der Waals surface area contributed by atoms with Crippen LogP contribution in [0.15, 0.2) is 27.2 Å². The molecule has 16 heavy (non-hydrogen) atoms. The maximum absolute atomic E-state index is 5.38. The van der Waals surface area contributed by atoms with E-state index in [1.807, 2.05) is 12.1 Å². The second kappa shape index (κ2) is 4.18. The Bertz CT molecular complexity index is 503. The molecule has 1 N–H and O–H groups in total. The van der Waals surface area contributed by atoms with Crippen molar-refractivity contribution in [2.75, 3.05) is 13.1 Å². The van der Waals surface area contributed by atoms with Gasteiger partial charge in [-0.25, -0.2) is 0 Å². The van der Waals surface area contributed by atoms with E-state index < -0.39 is 0 Å². The SMILES string of the molecule is Brc1ccc2c(C3CCCNC3)noc2c1. The zero-order valence-corrected chi connectivity index (χ0v) is 10.5. The van der Waals surface area contributed by atoms with Crippen LogP contribution in [0.2, 0.25) is 0 Å². The Morgan fingerprint density at radius 1 is 1.44 bits per heavy atom. The van der Waals surface area contributed by atoms with Gasteiger partial charge in [-0.2, -0.15) is 0 Å². The van der Waals surface area contributed by atoms with E-state index in [0.29, 0.717) is 5.92 Å². The zero-order valence-electron chi connectivity index (χ0n) is 8.87. The number of piperidine rings is 1. The maximum atomic E-state index is 5.38. The van der Waals surface area contributed by atoms with E-state index in [9.17, 15) is 0 Å². The minimum atomic E-state index is 0.496. The normalized spacial score (nSPS) is 21.4. The van der Waals surface area contributed by atoms with Gasteiger partial charge in [-0.1, -0.05) is 21.1 Å². The number of hydrogen-bond donors (Lipinski definition) is 1. The summed E-state index contributed by atoms with van der Waals surface area (Å²) in [6, 6.07) is 6.10. The first kappa shape index (κ1) is 10.3. The monoisotopic (exact) mass is 280 g/mol. The largest absolute Gasteiger partial charge is 0.356 e. The van der Waals surface area contributed by atoms with Crippen LogP contribution in [0.5, 0.6) is 0 Å². The lowest BCUT2D eigenvalue weighted by atomic mass is 9.94. The third kappa shape index (κ3) is 1.76. The highest BCUT2D eigenvalue weighted by Gasteiger charge is 2.21. The van der Waals surface area contributed by atoms with Gasteiger partial charge in [-0.3, -0.25) is 0 Å². The second-order valence-corrected chi connectivity index (χ2v) is 5.17. The van der Waals surface area contributed by atoms with Gasteiger partial charge in [0.15, 0.2) is 5.58 Å². The molecule has 0 bridgehead atoms. The van der Waals surface area contributed by atoms with Gasteiger partial charge in [0.1, 0.15) is 0 Å². The fourth-order valence-electron chi connectivity index (χ4n) is 2.31. The molecule has 0 saturated carbocycles. The van der Waals surface area contributed by atoms with Crippen LogP contribution >= 0.6 is 15.9 Å². The fraction of sp³-hybridized carbons (Fsp3) is 0.417. The first-order valence-corrected chi connectivity index (χ1v) is 6.39. The molecular formula is C12H13BrN2O. The Labute approximate surface area is 102 Å². The smallest absolute Gasteiger partial charge is 0.168 e. The standard InChI is InChI=1S/C12H13BrN2O/c13-9-3-4-10-11(6-9)16-15-12(10)8-2-1-5-14-7-8/h3-4,6,8,14H,1-2,5,7H2. The van der Waals surface area contributed by atoms with Crippen molar-refractivity contribution in [3.05, 3.63) is 28.4 Å². The maximum Gasteiger partial charge on any atom is 0.168 e. The lowest BCUT2D eigenvalue weighted by Crippen LogP contribution is -2.28. The van der Waals surface area contributed by atoms with Crippen LogP contribution in [-0.2, 0) is 0 Å². The molecule has 1 aromatic carbocycles. The topological polar surface area (TPSA) is 38.1 Å². The molecule has 1 aliphatic heterocycles. The predicted molar refractivity (Wildman–Crippen MR) is 66.6 cm³/mol. The molecule has 2 aromatic rings. The summed E-state index contributed by atoms with van der Waals surface area (Å²) in [7, 11) is 0. The number of benzene rings is 1. The number of nitrogens with zero attached hydrogens (tertiary/aromatic N) is 1. The van der Waals surface area contributed by atoms with Crippen molar-refractivity contribution in [2.45, 2.75) is 18.8 Å². The Hall–Kier alpha value is -0.870. The van der Waals surface area contributed by atoms with E-state index in [-0.39, 0.29) is 0 Å². The number of aromatic nitrogens is 1.